The van der Waals surface area contributed by atoms with Gasteiger partial charge in [-0.2, -0.15) is 0 Å². The molecule has 0 bridgehead atoms. The average molecular weight is 171 g/mol. The van der Waals surface area contributed by atoms with E-state index in [0.717, 1.165) is 19.5 Å². The van der Waals surface area contributed by atoms with Gasteiger partial charge in [0.25, 0.3) is 0 Å². The van der Waals surface area contributed by atoms with Crippen LogP contribution >= 0.6 is 0 Å². The summed E-state index contributed by atoms with van der Waals surface area (Å²) in [6.45, 7) is 1.80. The zero-order valence-electron chi connectivity index (χ0n) is 6.82. The van der Waals surface area contributed by atoms with E-state index in [4.69, 9.17) is 9.84 Å². The number of aliphatic carboxylic acids is 1. The smallest absolute Gasteiger partial charge is 0.332 e. The van der Waals surface area contributed by atoms with Gasteiger partial charge in [-0.25, -0.2) is 4.79 Å². The number of hydrogen-bond acceptors (Lipinski definition) is 3. The summed E-state index contributed by atoms with van der Waals surface area (Å²) in [7, 11) is 0. The first-order valence-corrected chi connectivity index (χ1v) is 4.36. The van der Waals surface area contributed by atoms with Crippen LogP contribution in [0.25, 0.3) is 0 Å². The Hall–Kier alpha value is -0.610. The molecule has 0 radical (unpaired) electrons. The van der Waals surface area contributed by atoms with Gasteiger partial charge in [0.15, 0.2) is 6.10 Å². The third-order valence-electron chi connectivity index (χ3n) is 2.69. The molecule has 2 fully saturated rings. The van der Waals surface area contributed by atoms with E-state index in [1.807, 2.05) is 0 Å². The number of nitrogens with one attached hydrogen (secondary N) is 1. The van der Waals surface area contributed by atoms with Gasteiger partial charge in [-0.1, -0.05) is 0 Å². The molecule has 0 aromatic carbocycles. The zero-order valence-corrected chi connectivity index (χ0v) is 6.82. The predicted octanol–water partition coefficient (Wildman–Crippen LogP) is -0.162. The summed E-state index contributed by atoms with van der Waals surface area (Å²) in [4.78, 5) is 10.6. The van der Waals surface area contributed by atoms with Crippen molar-refractivity contribution in [3.05, 3.63) is 0 Å². The van der Waals surface area contributed by atoms with Crippen LogP contribution in [0.3, 0.4) is 0 Å². The summed E-state index contributed by atoms with van der Waals surface area (Å²) in [5, 5.41) is 11.9. The zero-order chi connectivity index (χ0) is 8.55. The Morgan fingerprint density at radius 2 is 2.25 bits per heavy atom. The number of carbonyl (C=O) groups is 1. The number of ether oxygens (including phenoxy) is 1. The lowest BCUT2D eigenvalue weighted by Crippen LogP contribution is -2.38. The van der Waals surface area contributed by atoms with E-state index < -0.39 is 12.1 Å². The van der Waals surface area contributed by atoms with Crippen LogP contribution in [-0.4, -0.2) is 36.4 Å². The Bertz CT molecular complexity index is 195. The minimum absolute atomic E-state index is 0.139. The molecule has 2 heterocycles. The van der Waals surface area contributed by atoms with Crippen molar-refractivity contribution in [3.63, 3.8) is 0 Å². The Balaban J connectivity index is 1.96. The van der Waals surface area contributed by atoms with Crippen LogP contribution in [0.5, 0.6) is 0 Å². The highest BCUT2D eigenvalue weighted by Crippen LogP contribution is 2.27. The molecule has 2 saturated heterocycles. The molecule has 68 valence electrons. The van der Waals surface area contributed by atoms with Gasteiger partial charge in [0.1, 0.15) is 0 Å². The van der Waals surface area contributed by atoms with Crippen LogP contribution in [0.2, 0.25) is 0 Å². The maximum atomic E-state index is 10.6. The van der Waals surface area contributed by atoms with Crippen molar-refractivity contribution in [2.75, 3.05) is 13.1 Å². The highest BCUT2D eigenvalue weighted by atomic mass is 16.5. The van der Waals surface area contributed by atoms with Crippen molar-refractivity contribution in [2.24, 2.45) is 5.92 Å². The van der Waals surface area contributed by atoms with Gasteiger partial charge < -0.3 is 15.2 Å². The largest absolute Gasteiger partial charge is 0.479 e. The monoisotopic (exact) mass is 171 g/mol. The number of carboxylic acids is 1. The molecule has 2 N–H and O–H groups in total. The van der Waals surface area contributed by atoms with Gasteiger partial charge in [-0.3, -0.25) is 0 Å². The van der Waals surface area contributed by atoms with Gasteiger partial charge in [0.2, 0.25) is 0 Å². The molecule has 0 amide bonds. The Morgan fingerprint density at radius 3 is 3.00 bits per heavy atom. The molecule has 0 spiro atoms. The lowest BCUT2D eigenvalue weighted by atomic mass is 9.94. The maximum absolute atomic E-state index is 10.6. The van der Waals surface area contributed by atoms with Gasteiger partial charge >= 0.3 is 5.97 Å². The van der Waals surface area contributed by atoms with Crippen LogP contribution < -0.4 is 5.32 Å². The normalized spacial score (nSPS) is 40.8. The third kappa shape index (κ3) is 1.32. The molecule has 0 unspecified atom stereocenters. The quantitative estimate of drug-likeness (QED) is 0.575. The second kappa shape index (κ2) is 3.03. The van der Waals surface area contributed by atoms with Crippen molar-refractivity contribution in [1.82, 2.24) is 5.32 Å². The fraction of sp³-hybridized carbons (Fsp3) is 0.875. The highest BCUT2D eigenvalue weighted by Gasteiger charge is 2.37. The summed E-state index contributed by atoms with van der Waals surface area (Å²) in [6.07, 6.45) is 1.22. The number of carboxylic acid groups (broad SMARTS) is 1. The fourth-order valence-electron chi connectivity index (χ4n) is 1.98. The summed E-state index contributed by atoms with van der Waals surface area (Å²) in [5.74, 6) is -0.277. The average Bonchev–Trinajstić information content (AvgIpc) is 2.49. The lowest BCUT2D eigenvalue weighted by Gasteiger charge is -2.29. The standard InChI is InChI=1S/C8H13NO3/c10-8(11)6-2-1-5-3-9-4-7(5)12-6/h5-7,9H,1-4H2,(H,10,11)/t5-,6-,7-/m0/s1. The molecule has 2 rings (SSSR count). The third-order valence-corrected chi connectivity index (χ3v) is 2.69. The van der Waals surface area contributed by atoms with Crippen LogP contribution in [-0.2, 0) is 9.53 Å². The number of fused-ring (bicyclic) bond motifs is 1. The molecule has 3 atom stereocenters. The molecule has 0 saturated carbocycles. The second-order valence-electron chi connectivity index (χ2n) is 3.50. The predicted molar refractivity (Wildman–Crippen MR) is 41.9 cm³/mol. The van der Waals surface area contributed by atoms with E-state index in [1.54, 1.807) is 0 Å². The topological polar surface area (TPSA) is 58.6 Å². The van der Waals surface area contributed by atoms with Crippen LogP contribution in [0.15, 0.2) is 0 Å². The summed E-state index contributed by atoms with van der Waals surface area (Å²) in [5.41, 5.74) is 0. The maximum Gasteiger partial charge on any atom is 0.332 e. The molecule has 12 heavy (non-hydrogen) atoms. The lowest BCUT2D eigenvalue weighted by molar-refractivity contribution is -0.160. The SMILES string of the molecule is O=C(O)[C@@H]1CC[C@H]2CNC[C@@H]2O1. The van der Waals surface area contributed by atoms with Crippen molar-refractivity contribution >= 4 is 5.97 Å². The summed E-state index contributed by atoms with van der Waals surface area (Å²) < 4.78 is 5.41. The minimum Gasteiger partial charge on any atom is -0.479 e. The first-order valence-electron chi connectivity index (χ1n) is 4.36. The van der Waals surface area contributed by atoms with Crippen molar-refractivity contribution in [2.45, 2.75) is 25.0 Å². The van der Waals surface area contributed by atoms with E-state index in [1.165, 1.54) is 0 Å². The van der Waals surface area contributed by atoms with E-state index >= 15 is 0 Å². The second-order valence-corrected chi connectivity index (χ2v) is 3.50. The molecule has 2 aliphatic heterocycles. The van der Waals surface area contributed by atoms with Crippen molar-refractivity contribution in [3.8, 4) is 0 Å². The molecular weight excluding hydrogens is 158 g/mol. The highest BCUT2D eigenvalue weighted by molar-refractivity contribution is 5.72. The molecule has 0 aliphatic carbocycles. The molecule has 4 nitrogen and oxygen atoms in total. The molecule has 0 aromatic heterocycles. The molecule has 4 heteroatoms. The Kier molecular flexibility index (Phi) is 2.02. The van der Waals surface area contributed by atoms with Crippen LogP contribution in [0, 0.1) is 5.92 Å². The number of hydrogen-bond donors (Lipinski definition) is 2. The van der Waals surface area contributed by atoms with Crippen molar-refractivity contribution < 1.29 is 14.6 Å². The molecule has 0 aromatic rings. The Morgan fingerprint density at radius 1 is 1.42 bits per heavy atom. The van der Waals surface area contributed by atoms with Crippen molar-refractivity contribution in [1.29, 1.82) is 0 Å². The molecule has 2 aliphatic rings. The molecular formula is C8H13NO3. The van der Waals surface area contributed by atoms with Gasteiger partial charge in [-0.15, -0.1) is 0 Å². The van der Waals surface area contributed by atoms with E-state index in [-0.39, 0.29) is 6.10 Å². The minimum atomic E-state index is -0.819. The van der Waals surface area contributed by atoms with Crippen LogP contribution in [0.1, 0.15) is 12.8 Å². The first kappa shape index (κ1) is 8.01. The Labute approximate surface area is 70.9 Å². The summed E-state index contributed by atoms with van der Waals surface area (Å²) >= 11 is 0. The van der Waals surface area contributed by atoms with Crippen LogP contribution in [0.4, 0.5) is 0 Å². The van der Waals surface area contributed by atoms with Gasteiger partial charge in [-0.05, 0) is 18.8 Å². The number of rotatable bonds is 1. The van der Waals surface area contributed by atoms with E-state index in [2.05, 4.69) is 5.32 Å². The van der Waals surface area contributed by atoms with Gasteiger partial charge in [0.05, 0.1) is 6.10 Å². The van der Waals surface area contributed by atoms with Gasteiger partial charge in [0, 0.05) is 13.1 Å². The fourth-order valence-corrected chi connectivity index (χ4v) is 1.98. The van der Waals surface area contributed by atoms with E-state index in [0.29, 0.717) is 12.3 Å². The summed E-state index contributed by atoms with van der Waals surface area (Å²) in [6, 6.07) is 0. The first-order chi connectivity index (χ1) is 5.77. The van der Waals surface area contributed by atoms with E-state index in [9.17, 15) is 4.79 Å².